The Labute approximate surface area is 174 Å². The maximum Gasteiger partial charge on any atom is 0.135 e. The van der Waals surface area contributed by atoms with Gasteiger partial charge < -0.3 is 14.4 Å². The number of hydrogen-bond acceptors (Lipinski definition) is 3. The van der Waals surface area contributed by atoms with E-state index >= 15 is 0 Å². The van der Waals surface area contributed by atoms with E-state index in [4.69, 9.17) is 9.47 Å². The van der Waals surface area contributed by atoms with Gasteiger partial charge in [-0.25, -0.2) is 0 Å². The lowest BCUT2D eigenvalue weighted by Crippen LogP contribution is -2.53. The van der Waals surface area contributed by atoms with Crippen LogP contribution in [0.25, 0.3) is 5.57 Å². The van der Waals surface area contributed by atoms with Gasteiger partial charge in [0.05, 0.1) is 31.4 Å². The first-order valence-corrected chi connectivity index (χ1v) is 10.8. The van der Waals surface area contributed by atoms with Gasteiger partial charge in [-0.1, -0.05) is 42.0 Å². The van der Waals surface area contributed by atoms with Crippen molar-refractivity contribution in [1.82, 2.24) is 0 Å². The molecule has 0 bridgehead atoms. The van der Waals surface area contributed by atoms with Crippen molar-refractivity contribution in [2.45, 2.75) is 64.9 Å². The molecule has 1 spiro atoms. The molecule has 0 N–H and O–H groups in total. The molecule has 5 rings (SSSR count). The number of benzene rings is 2. The third-order valence-corrected chi connectivity index (χ3v) is 6.78. The van der Waals surface area contributed by atoms with E-state index in [0.717, 1.165) is 13.0 Å². The zero-order valence-electron chi connectivity index (χ0n) is 18.2. The van der Waals surface area contributed by atoms with Gasteiger partial charge in [0.15, 0.2) is 0 Å². The average Bonchev–Trinajstić information content (AvgIpc) is 2.80. The molecule has 2 aromatic rings. The first kappa shape index (κ1) is 18.9. The molecule has 3 heteroatoms. The van der Waals surface area contributed by atoms with Crippen molar-refractivity contribution < 1.29 is 9.47 Å². The van der Waals surface area contributed by atoms with Crippen LogP contribution in [-0.4, -0.2) is 25.4 Å². The second kappa shape index (κ2) is 6.72. The summed E-state index contributed by atoms with van der Waals surface area (Å²) in [5.41, 5.74) is 8.86. The molecule has 0 saturated carbocycles. The van der Waals surface area contributed by atoms with E-state index in [9.17, 15) is 0 Å². The second-order valence-electron chi connectivity index (χ2n) is 9.27. The summed E-state index contributed by atoms with van der Waals surface area (Å²) in [5, 5.41) is 0. The Morgan fingerprint density at radius 3 is 2.66 bits per heavy atom. The highest BCUT2D eigenvalue weighted by Crippen LogP contribution is 2.50. The fourth-order valence-electron chi connectivity index (χ4n) is 5.77. The van der Waals surface area contributed by atoms with Gasteiger partial charge in [0.2, 0.25) is 0 Å². The number of para-hydroxylation sites is 1. The molecule has 152 valence electrons. The third kappa shape index (κ3) is 2.94. The Bertz CT molecular complexity index is 994. The lowest BCUT2D eigenvalue weighted by molar-refractivity contribution is -0.106. The van der Waals surface area contributed by atoms with Crippen LogP contribution in [0.3, 0.4) is 0 Å². The molecule has 4 unspecified atom stereocenters. The van der Waals surface area contributed by atoms with Crippen LogP contribution >= 0.6 is 0 Å². The van der Waals surface area contributed by atoms with Crippen LogP contribution in [-0.2, 0) is 15.1 Å². The zero-order chi connectivity index (χ0) is 20.3. The predicted molar refractivity (Wildman–Crippen MR) is 118 cm³/mol. The predicted octanol–water partition coefficient (Wildman–Crippen LogP) is 5.69. The van der Waals surface area contributed by atoms with Gasteiger partial charge in [-0.05, 0) is 69.4 Å². The monoisotopic (exact) mass is 389 g/mol. The number of hydrogen-bond donors (Lipinski definition) is 0. The third-order valence-electron chi connectivity index (χ3n) is 6.78. The Balaban J connectivity index is 1.75. The Hall–Kier alpha value is -2.10. The minimum absolute atomic E-state index is 0.162. The number of ether oxygens (including phenoxy) is 2. The quantitative estimate of drug-likeness (QED) is 0.578. The largest absolute Gasteiger partial charge is 0.375 e. The van der Waals surface area contributed by atoms with Gasteiger partial charge in [0.25, 0.3) is 0 Å². The average molecular weight is 390 g/mol. The number of fused-ring (bicyclic) bond motifs is 6. The van der Waals surface area contributed by atoms with Gasteiger partial charge in [0, 0.05) is 11.3 Å². The van der Waals surface area contributed by atoms with Crippen molar-refractivity contribution in [1.29, 1.82) is 0 Å². The molecule has 0 aliphatic carbocycles. The minimum Gasteiger partial charge on any atom is -0.375 e. The molecule has 29 heavy (non-hydrogen) atoms. The highest BCUT2D eigenvalue weighted by molar-refractivity contribution is 5.81. The number of nitrogens with zero attached hydrogens (tertiary/aromatic N) is 1. The molecule has 2 aromatic carbocycles. The van der Waals surface area contributed by atoms with Crippen molar-refractivity contribution in [2.24, 2.45) is 0 Å². The summed E-state index contributed by atoms with van der Waals surface area (Å²) in [7, 11) is 0. The molecular weight excluding hydrogens is 358 g/mol. The van der Waals surface area contributed by atoms with E-state index < -0.39 is 5.60 Å². The van der Waals surface area contributed by atoms with E-state index in [1.807, 2.05) is 0 Å². The van der Waals surface area contributed by atoms with E-state index in [1.165, 1.54) is 39.1 Å². The smallest absolute Gasteiger partial charge is 0.135 e. The van der Waals surface area contributed by atoms with Gasteiger partial charge in [-0.2, -0.15) is 0 Å². The van der Waals surface area contributed by atoms with Crippen molar-refractivity contribution in [3.63, 3.8) is 0 Å². The van der Waals surface area contributed by atoms with Crippen LogP contribution in [0.4, 0.5) is 5.69 Å². The molecule has 3 heterocycles. The number of rotatable bonds is 0. The molecule has 0 amide bonds. The normalized spacial score (nSPS) is 30.9. The molecule has 3 aliphatic rings. The fraction of sp³-hybridized carbons (Fsp3) is 0.462. The number of aryl methyl sites for hydroxylation is 2. The zero-order valence-corrected chi connectivity index (χ0v) is 18.2. The van der Waals surface area contributed by atoms with Crippen molar-refractivity contribution in [3.05, 3.63) is 70.3 Å². The number of anilines is 1. The molecule has 1 fully saturated rings. The molecular formula is C26H31NO2. The molecule has 1 saturated heterocycles. The second-order valence-corrected chi connectivity index (χ2v) is 9.27. The summed E-state index contributed by atoms with van der Waals surface area (Å²) in [4.78, 5) is 2.54. The van der Waals surface area contributed by atoms with Gasteiger partial charge in [0.1, 0.15) is 5.60 Å². The van der Waals surface area contributed by atoms with E-state index in [-0.39, 0.29) is 18.2 Å². The lowest BCUT2D eigenvalue weighted by atomic mass is 9.76. The van der Waals surface area contributed by atoms with Crippen LogP contribution in [0, 0.1) is 13.8 Å². The standard InChI is InChI=1S/C26H31NO2/c1-16-10-18(3)25-22(11-16)24-12-17(2)21-8-6-7-9-23(21)27(24)14-26(25)15-28-19(4)13-20(5)29-26/h6-12,19-20,24H,13-15H2,1-5H3. The minimum atomic E-state index is -0.444. The maximum atomic E-state index is 6.86. The van der Waals surface area contributed by atoms with E-state index in [1.54, 1.807) is 0 Å². The Kier molecular flexibility index (Phi) is 4.38. The summed E-state index contributed by atoms with van der Waals surface area (Å²) < 4.78 is 13.2. The van der Waals surface area contributed by atoms with Crippen LogP contribution in [0.1, 0.15) is 61.1 Å². The summed E-state index contributed by atoms with van der Waals surface area (Å²) >= 11 is 0. The van der Waals surface area contributed by atoms with Crippen LogP contribution in [0.2, 0.25) is 0 Å². The van der Waals surface area contributed by atoms with Gasteiger partial charge >= 0.3 is 0 Å². The van der Waals surface area contributed by atoms with Crippen LogP contribution in [0.15, 0.2) is 42.5 Å². The van der Waals surface area contributed by atoms with Crippen LogP contribution in [0.5, 0.6) is 0 Å². The highest BCUT2D eigenvalue weighted by atomic mass is 16.6. The summed E-state index contributed by atoms with van der Waals surface area (Å²) in [6, 6.07) is 13.7. The van der Waals surface area contributed by atoms with Crippen molar-refractivity contribution in [3.8, 4) is 0 Å². The van der Waals surface area contributed by atoms with Gasteiger partial charge in [-0.15, -0.1) is 0 Å². The highest BCUT2D eigenvalue weighted by Gasteiger charge is 2.49. The molecule has 3 aliphatic heterocycles. The molecule has 4 atom stereocenters. The fourth-order valence-corrected chi connectivity index (χ4v) is 5.77. The Morgan fingerprint density at radius 1 is 1.03 bits per heavy atom. The summed E-state index contributed by atoms with van der Waals surface area (Å²) in [6.07, 6.45) is 3.74. The lowest BCUT2D eigenvalue weighted by Gasteiger charge is -2.51. The first-order chi connectivity index (χ1) is 13.9. The summed E-state index contributed by atoms with van der Waals surface area (Å²) in [5.74, 6) is 0. The Morgan fingerprint density at radius 2 is 1.83 bits per heavy atom. The van der Waals surface area contributed by atoms with Crippen molar-refractivity contribution >= 4 is 11.3 Å². The first-order valence-electron chi connectivity index (χ1n) is 10.8. The molecule has 0 radical (unpaired) electrons. The van der Waals surface area contributed by atoms with E-state index in [2.05, 4.69) is 82.0 Å². The van der Waals surface area contributed by atoms with Crippen molar-refractivity contribution in [2.75, 3.05) is 18.1 Å². The van der Waals surface area contributed by atoms with E-state index in [0.29, 0.717) is 6.61 Å². The molecule has 3 nitrogen and oxygen atoms in total. The number of allylic oxidation sites excluding steroid dienone is 1. The SMILES string of the molecule is CC1=CC2c3cc(C)cc(C)c3C3(COC(C)CC(C)O3)CN2c2ccccc21. The van der Waals surface area contributed by atoms with Gasteiger partial charge in [-0.3, -0.25) is 0 Å². The summed E-state index contributed by atoms with van der Waals surface area (Å²) in [6.45, 7) is 12.4. The topological polar surface area (TPSA) is 21.7 Å². The maximum absolute atomic E-state index is 6.86. The molecule has 0 aromatic heterocycles. The van der Waals surface area contributed by atoms with Crippen LogP contribution < -0.4 is 4.90 Å².